The highest BCUT2D eigenvalue weighted by atomic mass is 16.4. The second-order valence-corrected chi connectivity index (χ2v) is 5.47. The summed E-state index contributed by atoms with van der Waals surface area (Å²) in [5, 5.41) is 14.2. The molecule has 4 heteroatoms. The summed E-state index contributed by atoms with van der Waals surface area (Å²) >= 11 is 0. The van der Waals surface area contributed by atoms with Crippen molar-refractivity contribution >= 4 is 16.9 Å². The quantitative estimate of drug-likeness (QED) is 0.777. The van der Waals surface area contributed by atoms with E-state index >= 15 is 0 Å². The maximum Gasteiger partial charge on any atom is 0.251 e. The largest absolute Gasteiger partial charge is 0.458 e. The zero-order valence-electron chi connectivity index (χ0n) is 12.2. The number of rotatable bonds is 4. The molecule has 22 heavy (non-hydrogen) atoms. The molecule has 0 aliphatic carbocycles. The zero-order valence-corrected chi connectivity index (χ0v) is 12.2. The zero-order chi connectivity index (χ0) is 15.6. The Kier molecular flexibility index (Phi) is 3.69. The first-order chi connectivity index (χ1) is 10.6. The number of amides is 1. The molecule has 2 N–H and O–H groups in total. The molecule has 1 heterocycles. The smallest absolute Gasteiger partial charge is 0.251 e. The Morgan fingerprint density at radius 1 is 1.14 bits per heavy atom. The van der Waals surface area contributed by atoms with Crippen molar-refractivity contribution in [1.29, 1.82) is 0 Å². The van der Waals surface area contributed by atoms with Crippen LogP contribution in [0, 0.1) is 0 Å². The maximum atomic E-state index is 12.0. The number of carbonyl (C=O) groups is 1. The fourth-order valence-corrected chi connectivity index (χ4v) is 2.28. The van der Waals surface area contributed by atoms with Gasteiger partial charge < -0.3 is 14.8 Å². The third-order valence-electron chi connectivity index (χ3n) is 3.59. The van der Waals surface area contributed by atoms with Gasteiger partial charge in [-0.15, -0.1) is 0 Å². The van der Waals surface area contributed by atoms with Gasteiger partial charge in [-0.2, -0.15) is 0 Å². The van der Waals surface area contributed by atoms with E-state index in [9.17, 15) is 9.90 Å². The molecule has 3 aromatic rings. The maximum absolute atomic E-state index is 12.0. The predicted octanol–water partition coefficient (Wildman–Crippen LogP) is 3.07. The molecule has 0 saturated heterocycles. The van der Waals surface area contributed by atoms with Gasteiger partial charge in [0.2, 0.25) is 0 Å². The van der Waals surface area contributed by atoms with Gasteiger partial charge in [-0.05, 0) is 31.2 Å². The van der Waals surface area contributed by atoms with Crippen LogP contribution in [0.15, 0.2) is 65.1 Å². The SMILES string of the molecule is C[C@@](O)(CNC(=O)c1ccccc1)c1cc2ccccc2o1. The van der Waals surface area contributed by atoms with E-state index in [0.717, 1.165) is 5.39 Å². The lowest BCUT2D eigenvalue weighted by atomic mass is 10.0. The van der Waals surface area contributed by atoms with Gasteiger partial charge in [0, 0.05) is 10.9 Å². The minimum Gasteiger partial charge on any atom is -0.458 e. The number of furan rings is 1. The summed E-state index contributed by atoms with van der Waals surface area (Å²) in [5.41, 5.74) is -0.00113. The van der Waals surface area contributed by atoms with Crippen LogP contribution in [0.2, 0.25) is 0 Å². The number of nitrogens with one attached hydrogen (secondary N) is 1. The number of benzene rings is 2. The van der Waals surface area contributed by atoms with Crippen molar-refractivity contribution in [2.75, 3.05) is 6.54 Å². The van der Waals surface area contributed by atoms with Crippen LogP contribution in [0.25, 0.3) is 11.0 Å². The number of para-hydroxylation sites is 1. The average molecular weight is 295 g/mol. The third-order valence-corrected chi connectivity index (χ3v) is 3.59. The Bertz CT molecular complexity index is 757. The topological polar surface area (TPSA) is 62.5 Å². The van der Waals surface area contributed by atoms with Crippen LogP contribution in [-0.4, -0.2) is 17.6 Å². The Morgan fingerprint density at radius 2 is 1.82 bits per heavy atom. The first-order valence-corrected chi connectivity index (χ1v) is 7.11. The standard InChI is InChI=1S/C18H17NO3/c1-18(21,12-19-17(20)13-7-3-2-4-8-13)16-11-14-9-5-6-10-15(14)22-16/h2-11,21H,12H2,1H3,(H,19,20)/t18-/m1/s1. The van der Waals surface area contributed by atoms with E-state index in [-0.39, 0.29) is 12.5 Å². The van der Waals surface area contributed by atoms with Crippen LogP contribution in [0.1, 0.15) is 23.0 Å². The highest BCUT2D eigenvalue weighted by molar-refractivity contribution is 5.94. The van der Waals surface area contributed by atoms with Gasteiger partial charge in [0.15, 0.2) is 0 Å². The van der Waals surface area contributed by atoms with E-state index in [1.165, 1.54) is 0 Å². The van der Waals surface area contributed by atoms with Gasteiger partial charge in [-0.3, -0.25) is 4.79 Å². The molecule has 112 valence electrons. The second kappa shape index (κ2) is 5.66. The minimum absolute atomic E-state index is 0.0700. The summed E-state index contributed by atoms with van der Waals surface area (Å²) in [6.07, 6.45) is 0. The van der Waals surface area contributed by atoms with Crippen molar-refractivity contribution in [3.8, 4) is 0 Å². The molecular formula is C18H17NO3. The summed E-state index contributed by atoms with van der Waals surface area (Å²) in [4.78, 5) is 12.0. The van der Waals surface area contributed by atoms with E-state index in [0.29, 0.717) is 16.9 Å². The molecule has 3 rings (SSSR count). The number of carbonyl (C=O) groups excluding carboxylic acids is 1. The molecule has 0 aliphatic rings. The van der Waals surface area contributed by atoms with Gasteiger partial charge >= 0.3 is 0 Å². The Morgan fingerprint density at radius 3 is 2.55 bits per heavy atom. The van der Waals surface area contributed by atoms with Gasteiger partial charge in [0.05, 0.1) is 6.54 Å². The number of fused-ring (bicyclic) bond motifs is 1. The normalized spacial score (nSPS) is 13.7. The molecule has 1 amide bonds. The van der Waals surface area contributed by atoms with Crippen molar-refractivity contribution in [3.63, 3.8) is 0 Å². The predicted molar refractivity (Wildman–Crippen MR) is 84.6 cm³/mol. The summed E-state index contributed by atoms with van der Waals surface area (Å²) < 4.78 is 5.67. The molecule has 2 aromatic carbocycles. The van der Waals surface area contributed by atoms with E-state index in [1.807, 2.05) is 30.3 Å². The van der Waals surface area contributed by atoms with Crippen molar-refractivity contribution in [2.45, 2.75) is 12.5 Å². The van der Waals surface area contributed by atoms with E-state index in [4.69, 9.17) is 4.42 Å². The lowest BCUT2D eigenvalue weighted by Gasteiger charge is -2.21. The monoisotopic (exact) mass is 295 g/mol. The first kappa shape index (κ1) is 14.4. The number of hydrogen-bond acceptors (Lipinski definition) is 3. The molecule has 1 atom stereocenters. The molecule has 0 spiro atoms. The summed E-state index contributed by atoms with van der Waals surface area (Å²) in [6.45, 7) is 1.69. The van der Waals surface area contributed by atoms with Crippen LogP contribution in [0.4, 0.5) is 0 Å². The molecule has 0 aliphatic heterocycles. The van der Waals surface area contributed by atoms with Crippen molar-refractivity contribution in [2.24, 2.45) is 0 Å². The van der Waals surface area contributed by atoms with Gasteiger partial charge in [-0.25, -0.2) is 0 Å². The fraction of sp³-hybridized carbons (Fsp3) is 0.167. The molecule has 0 fully saturated rings. The van der Waals surface area contributed by atoms with E-state index in [2.05, 4.69) is 5.32 Å². The average Bonchev–Trinajstić information content (AvgIpc) is 2.98. The van der Waals surface area contributed by atoms with Crippen molar-refractivity contribution in [1.82, 2.24) is 5.32 Å². The molecule has 0 bridgehead atoms. The molecule has 0 unspecified atom stereocenters. The molecule has 0 radical (unpaired) electrons. The highest BCUT2D eigenvalue weighted by Gasteiger charge is 2.28. The highest BCUT2D eigenvalue weighted by Crippen LogP contribution is 2.27. The van der Waals surface area contributed by atoms with Crippen LogP contribution in [-0.2, 0) is 5.60 Å². The van der Waals surface area contributed by atoms with Gasteiger partial charge in [0.1, 0.15) is 16.9 Å². The Labute approximate surface area is 128 Å². The first-order valence-electron chi connectivity index (χ1n) is 7.11. The van der Waals surface area contributed by atoms with Crippen LogP contribution < -0.4 is 5.32 Å². The van der Waals surface area contributed by atoms with Crippen molar-refractivity contribution < 1.29 is 14.3 Å². The number of aliphatic hydroxyl groups is 1. The lowest BCUT2D eigenvalue weighted by molar-refractivity contribution is 0.0344. The van der Waals surface area contributed by atoms with E-state index in [1.54, 1.807) is 37.3 Å². The number of hydrogen-bond donors (Lipinski definition) is 2. The molecular weight excluding hydrogens is 278 g/mol. The summed E-state index contributed by atoms with van der Waals surface area (Å²) in [5.74, 6) is 0.207. The molecule has 0 saturated carbocycles. The summed E-state index contributed by atoms with van der Waals surface area (Å²) in [6, 6.07) is 18.2. The van der Waals surface area contributed by atoms with Gasteiger partial charge in [-0.1, -0.05) is 36.4 Å². The molecule has 4 nitrogen and oxygen atoms in total. The lowest BCUT2D eigenvalue weighted by Crippen LogP contribution is -2.38. The van der Waals surface area contributed by atoms with Crippen molar-refractivity contribution in [3.05, 3.63) is 72.0 Å². The van der Waals surface area contributed by atoms with Crippen LogP contribution in [0.3, 0.4) is 0 Å². The third kappa shape index (κ3) is 2.87. The summed E-state index contributed by atoms with van der Waals surface area (Å²) in [7, 11) is 0. The van der Waals surface area contributed by atoms with Crippen LogP contribution in [0.5, 0.6) is 0 Å². The minimum atomic E-state index is -1.27. The van der Waals surface area contributed by atoms with Gasteiger partial charge in [0.25, 0.3) is 5.91 Å². The fourth-order valence-electron chi connectivity index (χ4n) is 2.28. The Balaban J connectivity index is 1.74. The molecule has 1 aromatic heterocycles. The van der Waals surface area contributed by atoms with Crippen LogP contribution >= 0.6 is 0 Å². The second-order valence-electron chi connectivity index (χ2n) is 5.47. The van der Waals surface area contributed by atoms with E-state index < -0.39 is 5.60 Å². The Hall–Kier alpha value is -2.59.